The van der Waals surface area contributed by atoms with Crippen LogP contribution < -0.4 is 0 Å². The lowest BCUT2D eigenvalue weighted by atomic mass is 10.00. The Hall–Kier alpha value is -1.95. The Kier molecular flexibility index (Phi) is 3.83. The molecule has 0 aliphatic carbocycles. The van der Waals surface area contributed by atoms with Gasteiger partial charge in [0.05, 0.1) is 10.8 Å². The Morgan fingerprint density at radius 1 is 1.16 bits per heavy atom. The number of rotatable bonds is 2. The molecule has 6 heteroatoms. The molecule has 2 aliphatic rings. The quantitative estimate of drug-likeness (QED) is 0.828. The Morgan fingerprint density at radius 2 is 1.84 bits per heavy atom. The van der Waals surface area contributed by atoms with E-state index in [4.69, 9.17) is 0 Å². The maximum Gasteiger partial charge on any atom is 0.254 e. The summed E-state index contributed by atoms with van der Waals surface area (Å²) in [6.45, 7) is 2.01. The fraction of sp³-hybridized carbons (Fsp3) is 0.474. The molecule has 2 unspecified atom stereocenters. The lowest BCUT2D eigenvalue weighted by molar-refractivity contribution is 0.0598. The smallest absolute Gasteiger partial charge is 0.254 e. The molecule has 1 amide bonds. The molecule has 3 heterocycles. The number of hydrogen-bond donors (Lipinski definition) is 0. The maximum absolute atomic E-state index is 13.1. The van der Waals surface area contributed by atoms with Crippen molar-refractivity contribution in [2.24, 2.45) is 0 Å². The van der Waals surface area contributed by atoms with Crippen molar-refractivity contribution in [1.29, 1.82) is 0 Å². The van der Waals surface area contributed by atoms with Crippen molar-refractivity contribution in [1.82, 2.24) is 9.88 Å². The highest BCUT2D eigenvalue weighted by Gasteiger charge is 2.46. The maximum atomic E-state index is 13.1. The number of hydrogen-bond acceptors (Lipinski definition) is 4. The van der Waals surface area contributed by atoms with E-state index in [-0.39, 0.29) is 23.2 Å². The van der Waals surface area contributed by atoms with E-state index in [9.17, 15) is 13.2 Å². The van der Waals surface area contributed by atoms with Crippen molar-refractivity contribution < 1.29 is 13.2 Å². The van der Waals surface area contributed by atoms with Gasteiger partial charge in [-0.05, 0) is 62.4 Å². The third-order valence-electron chi connectivity index (χ3n) is 5.74. The molecule has 25 heavy (non-hydrogen) atoms. The van der Waals surface area contributed by atoms with Crippen LogP contribution in [0.1, 0.15) is 41.6 Å². The van der Waals surface area contributed by atoms with Crippen molar-refractivity contribution in [3.8, 4) is 0 Å². The molecule has 2 fully saturated rings. The second-order valence-electron chi connectivity index (χ2n) is 7.38. The van der Waals surface area contributed by atoms with Gasteiger partial charge in [-0.1, -0.05) is 0 Å². The van der Waals surface area contributed by atoms with Gasteiger partial charge in [-0.2, -0.15) is 0 Å². The molecule has 2 atom stereocenters. The van der Waals surface area contributed by atoms with E-state index in [2.05, 4.69) is 4.98 Å². The molecular weight excluding hydrogens is 336 g/mol. The second kappa shape index (κ2) is 5.80. The van der Waals surface area contributed by atoms with Crippen LogP contribution in [0.2, 0.25) is 0 Å². The molecule has 5 nitrogen and oxygen atoms in total. The zero-order valence-electron chi connectivity index (χ0n) is 14.5. The van der Waals surface area contributed by atoms with E-state index in [0.717, 1.165) is 29.3 Å². The van der Waals surface area contributed by atoms with Gasteiger partial charge in [-0.25, -0.2) is 8.42 Å². The zero-order valence-corrected chi connectivity index (χ0v) is 15.3. The van der Waals surface area contributed by atoms with E-state index < -0.39 is 9.84 Å². The van der Waals surface area contributed by atoms with Gasteiger partial charge in [-0.3, -0.25) is 9.78 Å². The summed E-state index contributed by atoms with van der Waals surface area (Å²) >= 11 is 0. The van der Waals surface area contributed by atoms with Gasteiger partial charge in [-0.15, -0.1) is 0 Å². The second-order valence-corrected chi connectivity index (χ2v) is 9.71. The summed E-state index contributed by atoms with van der Waals surface area (Å²) in [5.74, 6) is 0.0182. The highest BCUT2D eigenvalue weighted by atomic mass is 32.2. The zero-order chi connectivity index (χ0) is 17.8. The number of carbonyl (C=O) groups excluding carboxylic acids is 1. The number of piperidine rings is 1. The SMILES string of the molecule is Cc1ccnc2ccc(C(=O)N3C4CCC3CC(S(C)(=O)=O)C4)cc12. The van der Waals surface area contributed by atoms with Crippen molar-refractivity contribution >= 4 is 26.6 Å². The molecule has 2 saturated heterocycles. The van der Waals surface area contributed by atoms with Gasteiger partial charge in [0, 0.05) is 35.5 Å². The van der Waals surface area contributed by atoms with Crippen LogP contribution in [0, 0.1) is 6.92 Å². The van der Waals surface area contributed by atoms with E-state index in [1.807, 2.05) is 36.1 Å². The number of aryl methyl sites for hydroxylation is 1. The largest absolute Gasteiger partial charge is 0.333 e. The van der Waals surface area contributed by atoms with Gasteiger partial charge in [0.25, 0.3) is 5.91 Å². The van der Waals surface area contributed by atoms with Crippen LogP contribution in [-0.4, -0.2) is 47.8 Å². The Labute approximate surface area is 148 Å². The van der Waals surface area contributed by atoms with Crippen LogP contribution in [0.5, 0.6) is 0 Å². The van der Waals surface area contributed by atoms with Crippen LogP contribution in [0.4, 0.5) is 0 Å². The minimum Gasteiger partial charge on any atom is -0.333 e. The standard InChI is InChI=1S/C19H22N2O3S/c1-12-7-8-20-18-6-3-13(9-17(12)18)19(22)21-14-4-5-15(21)11-16(10-14)25(2,23)24/h3,6-9,14-16H,4-5,10-11H2,1-2H3. The molecule has 0 radical (unpaired) electrons. The average molecular weight is 358 g/mol. The van der Waals surface area contributed by atoms with Crippen molar-refractivity contribution in [3.63, 3.8) is 0 Å². The van der Waals surface area contributed by atoms with Crippen molar-refractivity contribution in [3.05, 3.63) is 41.6 Å². The molecule has 0 saturated carbocycles. The first-order valence-electron chi connectivity index (χ1n) is 8.71. The number of fused-ring (bicyclic) bond motifs is 3. The highest BCUT2D eigenvalue weighted by molar-refractivity contribution is 7.91. The fourth-order valence-corrected chi connectivity index (χ4v) is 5.52. The molecular formula is C19H22N2O3S. The summed E-state index contributed by atoms with van der Waals surface area (Å²) in [6.07, 6.45) is 6.01. The third-order valence-corrected chi connectivity index (χ3v) is 7.33. The minimum absolute atomic E-state index is 0.0182. The van der Waals surface area contributed by atoms with E-state index >= 15 is 0 Å². The first kappa shape index (κ1) is 16.5. The number of pyridine rings is 1. The Balaban J connectivity index is 1.65. The lowest BCUT2D eigenvalue weighted by Gasteiger charge is -2.38. The van der Waals surface area contributed by atoms with Crippen molar-refractivity contribution in [2.75, 3.05) is 6.26 Å². The third kappa shape index (κ3) is 2.82. The Bertz CT molecular complexity index is 940. The lowest BCUT2D eigenvalue weighted by Crippen LogP contribution is -2.49. The number of carbonyl (C=O) groups is 1. The summed E-state index contributed by atoms with van der Waals surface area (Å²) in [5, 5.41) is 0.684. The average Bonchev–Trinajstić information content (AvgIpc) is 2.82. The van der Waals surface area contributed by atoms with Crippen LogP contribution in [-0.2, 0) is 9.84 Å². The highest BCUT2D eigenvalue weighted by Crippen LogP contribution is 2.39. The molecule has 1 aromatic heterocycles. The summed E-state index contributed by atoms with van der Waals surface area (Å²) in [5.41, 5.74) is 2.65. The van der Waals surface area contributed by atoms with Gasteiger partial charge < -0.3 is 4.90 Å². The molecule has 2 aliphatic heterocycles. The molecule has 1 aromatic carbocycles. The van der Waals surface area contributed by atoms with E-state index in [0.29, 0.717) is 18.4 Å². The van der Waals surface area contributed by atoms with Crippen LogP contribution >= 0.6 is 0 Å². The van der Waals surface area contributed by atoms with Crippen LogP contribution in [0.25, 0.3) is 10.9 Å². The number of benzene rings is 1. The predicted octanol–water partition coefficient (Wildman–Crippen LogP) is 2.72. The summed E-state index contributed by atoms with van der Waals surface area (Å²) in [4.78, 5) is 19.4. The topological polar surface area (TPSA) is 67.3 Å². The first-order valence-corrected chi connectivity index (χ1v) is 10.7. The normalized spacial score (nSPS) is 26.2. The molecule has 4 rings (SSSR count). The minimum atomic E-state index is -3.05. The molecule has 132 valence electrons. The van der Waals surface area contributed by atoms with Crippen LogP contribution in [0.3, 0.4) is 0 Å². The number of nitrogens with zero attached hydrogens (tertiary/aromatic N) is 2. The fourth-order valence-electron chi connectivity index (χ4n) is 4.37. The van der Waals surface area contributed by atoms with E-state index in [1.54, 1.807) is 6.20 Å². The van der Waals surface area contributed by atoms with Crippen LogP contribution in [0.15, 0.2) is 30.5 Å². The number of sulfone groups is 1. The predicted molar refractivity (Wildman–Crippen MR) is 97.3 cm³/mol. The molecule has 2 bridgehead atoms. The summed E-state index contributed by atoms with van der Waals surface area (Å²) in [6, 6.07) is 7.66. The number of aromatic nitrogens is 1. The van der Waals surface area contributed by atoms with Gasteiger partial charge in [0.15, 0.2) is 0 Å². The summed E-state index contributed by atoms with van der Waals surface area (Å²) in [7, 11) is -3.05. The number of amides is 1. The molecule has 0 spiro atoms. The van der Waals surface area contributed by atoms with Gasteiger partial charge in [0.2, 0.25) is 0 Å². The Morgan fingerprint density at radius 3 is 2.48 bits per heavy atom. The first-order chi connectivity index (χ1) is 11.8. The van der Waals surface area contributed by atoms with E-state index in [1.165, 1.54) is 6.26 Å². The molecule has 2 aromatic rings. The monoisotopic (exact) mass is 358 g/mol. The van der Waals surface area contributed by atoms with Gasteiger partial charge >= 0.3 is 0 Å². The van der Waals surface area contributed by atoms with Gasteiger partial charge in [0.1, 0.15) is 9.84 Å². The molecule has 0 N–H and O–H groups in total. The van der Waals surface area contributed by atoms with Crippen molar-refractivity contribution in [2.45, 2.75) is 49.9 Å². The summed E-state index contributed by atoms with van der Waals surface area (Å²) < 4.78 is 23.9.